The molecule has 174 valence electrons. The van der Waals surface area contributed by atoms with E-state index in [1.54, 1.807) is 0 Å². The van der Waals surface area contributed by atoms with Crippen molar-refractivity contribution in [3.05, 3.63) is 143 Å². The third-order valence-corrected chi connectivity index (χ3v) is 8.14. The lowest BCUT2D eigenvalue weighted by molar-refractivity contribution is 0.185. The summed E-state index contributed by atoms with van der Waals surface area (Å²) in [5.41, 5.74) is 8.45. The molecule has 0 aromatic heterocycles. The highest BCUT2D eigenvalue weighted by Gasteiger charge is 2.52. The van der Waals surface area contributed by atoms with Crippen molar-refractivity contribution in [3.8, 4) is 0 Å². The van der Waals surface area contributed by atoms with Gasteiger partial charge in [-0.2, -0.15) is 0 Å². The Bertz CT molecular complexity index is 1090. The molecule has 4 rings (SSSR count). The van der Waals surface area contributed by atoms with Crippen molar-refractivity contribution in [2.24, 2.45) is 0 Å². The molecule has 2 unspecified atom stereocenters. The van der Waals surface area contributed by atoms with Gasteiger partial charge < -0.3 is 0 Å². The third kappa shape index (κ3) is 4.34. The summed E-state index contributed by atoms with van der Waals surface area (Å²) in [4.78, 5) is 0. The molecule has 0 fully saturated rings. The smallest absolute Gasteiger partial charge is 0.00933 e. The number of benzene rings is 4. The normalized spacial score (nSPS) is 14.8. The maximum Gasteiger partial charge on any atom is 0.00933 e. The molecule has 0 aliphatic carbocycles. The van der Waals surface area contributed by atoms with E-state index in [1.807, 2.05) is 0 Å². The van der Waals surface area contributed by atoms with Gasteiger partial charge in [-0.05, 0) is 72.9 Å². The summed E-state index contributed by atoms with van der Waals surface area (Å²) in [6, 6.07) is 40.5. The van der Waals surface area contributed by atoms with Crippen molar-refractivity contribution < 1.29 is 0 Å². The summed E-state index contributed by atoms with van der Waals surface area (Å²) in [7, 11) is 0. The lowest BCUT2D eigenvalue weighted by atomic mass is 9.50. The fraction of sp³-hybridized carbons (Fsp3) is 0.294. The Morgan fingerprint density at radius 1 is 0.441 bits per heavy atom. The minimum atomic E-state index is -0.0591. The van der Waals surface area contributed by atoms with Gasteiger partial charge >= 0.3 is 0 Å². The van der Waals surface area contributed by atoms with Gasteiger partial charge in [0.05, 0.1) is 0 Å². The number of aryl methyl sites for hydroxylation is 2. The predicted octanol–water partition coefficient (Wildman–Crippen LogP) is 8.78. The minimum Gasteiger partial charge on any atom is -0.0645 e. The minimum absolute atomic E-state index is 0.0591. The summed E-state index contributed by atoms with van der Waals surface area (Å²) in [5.74, 6) is 0. The van der Waals surface area contributed by atoms with E-state index in [0.29, 0.717) is 0 Å². The molecule has 4 aromatic carbocycles. The highest BCUT2D eigenvalue weighted by Crippen LogP contribution is 2.54. The summed E-state index contributed by atoms with van der Waals surface area (Å²) < 4.78 is 0. The van der Waals surface area contributed by atoms with Gasteiger partial charge in [0.2, 0.25) is 0 Å². The first-order valence-electron chi connectivity index (χ1n) is 12.8. The monoisotopic (exact) mass is 446 g/mol. The average Bonchev–Trinajstić information content (AvgIpc) is 2.88. The molecule has 4 aromatic rings. The van der Waals surface area contributed by atoms with Crippen LogP contribution in [0.1, 0.15) is 60.1 Å². The summed E-state index contributed by atoms with van der Waals surface area (Å²) in [5, 5.41) is 0. The van der Waals surface area contributed by atoms with Crippen LogP contribution in [0.3, 0.4) is 0 Å². The van der Waals surface area contributed by atoms with Crippen molar-refractivity contribution >= 4 is 0 Å². The van der Waals surface area contributed by atoms with Crippen LogP contribution in [0.5, 0.6) is 0 Å². The van der Waals surface area contributed by atoms with Crippen LogP contribution in [0.4, 0.5) is 0 Å². The van der Waals surface area contributed by atoms with Crippen molar-refractivity contribution in [1.82, 2.24) is 0 Å². The first-order valence-corrected chi connectivity index (χ1v) is 12.8. The van der Waals surface area contributed by atoms with E-state index in [2.05, 4.69) is 137 Å². The van der Waals surface area contributed by atoms with Gasteiger partial charge in [-0.15, -0.1) is 0 Å². The maximum atomic E-state index is 2.41. The van der Waals surface area contributed by atoms with Crippen LogP contribution in [-0.2, 0) is 23.7 Å². The van der Waals surface area contributed by atoms with E-state index in [0.717, 1.165) is 25.7 Å². The summed E-state index contributed by atoms with van der Waals surface area (Å²) >= 11 is 0. The van der Waals surface area contributed by atoms with Crippen LogP contribution in [0.25, 0.3) is 0 Å². The van der Waals surface area contributed by atoms with Crippen molar-refractivity contribution in [2.75, 3.05) is 0 Å². The molecule has 0 N–H and O–H groups in total. The van der Waals surface area contributed by atoms with Gasteiger partial charge in [-0.25, -0.2) is 0 Å². The topological polar surface area (TPSA) is 0 Å². The lowest BCUT2D eigenvalue weighted by Gasteiger charge is -2.53. The second-order valence-electron chi connectivity index (χ2n) is 9.83. The Morgan fingerprint density at radius 3 is 1.09 bits per heavy atom. The van der Waals surface area contributed by atoms with Crippen LogP contribution in [0.15, 0.2) is 109 Å². The molecular formula is C34H38. The highest BCUT2D eigenvalue weighted by molar-refractivity contribution is 5.48. The first kappa shape index (κ1) is 24.0. The zero-order valence-electron chi connectivity index (χ0n) is 21.2. The molecule has 0 heteroatoms. The Hall–Kier alpha value is -3.12. The molecule has 0 spiro atoms. The second kappa shape index (κ2) is 10.4. The molecule has 0 nitrogen and oxygen atoms in total. The molecule has 0 aliphatic heterocycles. The number of hydrogen-bond donors (Lipinski definition) is 0. The average molecular weight is 447 g/mol. The highest BCUT2D eigenvalue weighted by atomic mass is 14.5. The van der Waals surface area contributed by atoms with E-state index < -0.39 is 0 Å². The second-order valence-corrected chi connectivity index (χ2v) is 9.83. The van der Waals surface area contributed by atoms with Crippen molar-refractivity contribution in [3.63, 3.8) is 0 Å². The van der Waals surface area contributed by atoms with Crippen LogP contribution >= 0.6 is 0 Å². The van der Waals surface area contributed by atoms with E-state index in [9.17, 15) is 0 Å². The number of rotatable bonds is 9. The van der Waals surface area contributed by atoms with E-state index in [-0.39, 0.29) is 10.8 Å². The Morgan fingerprint density at radius 2 is 0.765 bits per heavy atom. The van der Waals surface area contributed by atoms with Gasteiger partial charge in [-0.1, -0.05) is 123 Å². The largest absolute Gasteiger partial charge is 0.0645 e. The summed E-state index contributed by atoms with van der Waals surface area (Å²) in [6.45, 7) is 9.41. The lowest BCUT2D eigenvalue weighted by Crippen LogP contribution is -2.52. The zero-order chi connectivity index (χ0) is 24.0. The molecule has 0 radical (unpaired) electrons. The predicted molar refractivity (Wildman–Crippen MR) is 147 cm³/mol. The van der Waals surface area contributed by atoms with Gasteiger partial charge in [0.1, 0.15) is 0 Å². The summed E-state index contributed by atoms with van der Waals surface area (Å²) in [6.07, 6.45) is 4.18. The maximum absolute atomic E-state index is 2.41. The Kier molecular flexibility index (Phi) is 7.37. The quantitative estimate of drug-likeness (QED) is 0.241. The van der Waals surface area contributed by atoms with Crippen molar-refractivity contribution in [2.45, 2.75) is 64.2 Å². The molecule has 34 heavy (non-hydrogen) atoms. The van der Waals surface area contributed by atoms with Gasteiger partial charge in [0.25, 0.3) is 0 Å². The fourth-order valence-corrected chi connectivity index (χ4v) is 6.46. The third-order valence-electron chi connectivity index (χ3n) is 8.14. The molecular weight excluding hydrogens is 408 g/mol. The molecule has 0 heterocycles. The zero-order valence-corrected chi connectivity index (χ0v) is 21.2. The van der Waals surface area contributed by atoms with Crippen LogP contribution in [0, 0.1) is 13.8 Å². The van der Waals surface area contributed by atoms with Gasteiger partial charge in [-0.3, -0.25) is 0 Å². The van der Waals surface area contributed by atoms with E-state index in [1.165, 1.54) is 33.4 Å². The first-order chi connectivity index (χ1) is 16.6. The van der Waals surface area contributed by atoms with E-state index >= 15 is 0 Å². The molecule has 0 amide bonds. The van der Waals surface area contributed by atoms with Crippen LogP contribution in [-0.4, -0.2) is 0 Å². The molecule has 0 aliphatic rings. The molecule has 0 bridgehead atoms. The van der Waals surface area contributed by atoms with Crippen molar-refractivity contribution in [1.29, 1.82) is 0 Å². The van der Waals surface area contributed by atoms with Crippen LogP contribution in [0.2, 0.25) is 0 Å². The van der Waals surface area contributed by atoms with Crippen LogP contribution < -0.4 is 0 Å². The van der Waals surface area contributed by atoms with Gasteiger partial charge in [0.15, 0.2) is 0 Å². The number of hydrogen-bond acceptors (Lipinski definition) is 0. The molecule has 2 atom stereocenters. The Balaban J connectivity index is 2.07. The molecule has 0 saturated heterocycles. The molecule has 0 saturated carbocycles. The SMILES string of the molecule is CCC(Cc1ccccc1)(c1ccccc1C)C(CC)(Cc1ccccc1)c1ccccc1C. The van der Waals surface area contributed by atoms with E-state index in [4.69, 9.17) is 0 Å². The standard InChI is InChI=1S/C34H38/c1-5-33(25-29-19-9-7-10-20-29,31-23-15-13-17-27(31)3)34(6-2,26-30-21-11-8-12-22-30)32-24-16-14-18-28(32)4/h7-24H,5-6,25-26H2,1-4H3. The van der Waals surface area contributed by atoms with Gasteiger partial charge in [0, 0.05) is 10.8 Å². The fourth-order valence-electron chi connectivity index (χ4n) is 6.46. The Labute approximate surface area is 206 Å².